The van der Waals surface area contributed by atoms with Crippen LogP contribution >= 0.6 is 0 Å². The van der Waals surface area contributed by atoms with Crippen molar-refractivity contribution in [1.29, 1.82) is 16.2 Å². The van der Waals surface area contributed by atoms with Gasteiger partial charge in [0, 0.05) is 11.4 Å². The summed E-state index contributed by atoms with van der Waals surface area (Å²) < 4.78 is 0. The monoisotopic (exact) mass is 123 g/mol. The van der Waals surface area contributed by atoms with Crippen LogP contribution in [-0.2, 0) is 0 Å². The van der Waals surface area contributed by atoms with Gasteiger partial charge in [-0.25, -0.2) is 0 Å². The smallest absolute Gasteiger partial charge is 0.0763 e. The van der Waals surface area contributed by atoms with Gasteiger partial charge in [-0.3, -0.25) is 5.41 Å². The standard InChI is InChI=1S/C6H9N3/c1-4(8)6(3-7)5(2)9/h7-9H,1-2H3. The van der Waals surface area contributed by atoms with Gasteiger partial charge in [0.15, 0.2) is 0 Å². The lowest BCUT2D eigenvalue weighted by atomic mass is 10.1. The van der Waals surface area contributed by atoms with Gasteiger partial charge in [-0.1, -0.05) is 0 Å². The van der Waals surface area contributed by atoms with Crippen LogP contribution < -0.4 is 0 Å². The molecule has 0 spiro atoms. The number of hydrogen-bond donors (Lipinski definition) is 3. The summed E-state index contributed by atoms with van der Waals surface area (Å²) >= 11 is 0. The van der Waals surface area contributed by atoms with E-state index in [-0.39, 0.29) is 17.0 Å². The first-order valence-corrected chi connectivity index (χ1v) is 2.50. The normalized spacial score (nSPS) is 7.78. The van der Waals surface area contributed by atoms with Gasteiger partial charge in [0.1, 0.15) is 0 Å². The molecule has 0 radical (unpaired) electrons. The molecule has 0 aromatic rings. The van der Waals surface area contributed by atoms with Gasteiger partial charge in [0.05, 0.1) is 5.57 Å². The van der Waals surface area contributed by atoms with E-state index < -0.39 is 0 Å². The molecular formula is C6H9N3. The molecule has 3 heteroatoms. The highest BCUT2D eigenvalue weighted by atomic mass is 14.5. The van der Waals surface area contributed by atoms with Crippen LogP contribution in [0.2, 0.25) is 0 Å². The molecule has 0 heterocycles. The van der Waals surface area contributed by atoms with Gasteiger partial charge in [0.25, 0.3) is 0 Å². The molecule has 0 aliphatic rings. The van der Waals surface area contributed by atoms with Gasteiger partial charge in [0.2, 0.25) is 0 Å². The quantitative estimate of drug-likeness (QED) is 0.462. The Hall–Kier alpha value is -1.21. The molecule has 0 atom stereocenters. The van der Waals surface area contributed by atoms with Crippen molar-refractivity contribution in [2.24, 2.45) is 0 Å². The van der Waals surface area contributed by atoms with E-state index in [0.29, 0.717) is 0 Å². The van der Waals surface area contributed by atoms with Crippen molar-refractivity contribution in [3.8, 4) is 0 Å². The molecule has 0 aromatic carbocycles. The highest BCUT2D eigenvalue weighted by Crippen LogP contribution is 1.91. The van der Waals surface area contributed by atoms with E-state index in [1.165, 1.54) is 13.8 Å². The lowest BCUT2D eigenvalue weighted by Gasteiger charge is -1.94. The summed E-state index contributed by atoms with van der Waals surface area (Å²) in [5.41, 5.74) is 0.713. The van der Waals surface area contributed by atoms with E-state index >= 15 is 0 Å². The van der Waals surface area contributed by atoms with Crippen LogP contribution in [0, 0.1) is 16.2 Å². The zero-order valence-corrected chi connectivity index (χ0v) is 5.50. The Kier molecular flexibility index (Phi) is 2.55. The maximum absolute atomic E-state index is 7.02. The lowest BCUT2D eigenvalue weighted by Crippen LogP contribution is -2.04. The van der Waals surface area contributed by atoms with E-state index in [1.54, 1.807) is 0 Å². The van der Waals surface area contributed by atoms with E-state index in [2.05, 4.69) is 0 Å². The van der Waals surface area contributed by atoms with Crippen molar-refractivity contribution in [2.45, 2.75) is 13.8 Å². The third-order valence-electron chi connectivity index (χ3n) is 0.875. The SMILES string of the molecule is CC(=N)C(=C=N)C(C)=N. The van der Waals surface area contributed by atoms with Crippen LogP contribution in [0.1, 0.15) is 13.8 Å². The van der Waals surface area contributed by atoms with Crippen molar-refractivity contribution >= 4 is 17.3 Å². The molecule has 0 aromatic heterocycles. The highest BCUT2D eigenvalue weighted by molar-refractivity contribution is 6.26. The number of allylic oxidation sites excluding steroid dienone is 1. The molecular weight excluding hydrogens is 114 g/mol. The predicted octanol–water partition coefficient (Wildman–Crippen LogP) is 1.24. The van der Waals surface area contributed by atoms with Crippen molar-refractivity contribution in [3.63, 3.8) is 0 Å². The van der Waals surface area contributed by atoms with E-state index in [1.807, 2.05) is 5.87 Å². The molecule has 0 saturated carbocycles. The molecule has 0 rings (SSSR count). The largest absolute Gasteiger partial charge is 0.304 e. The van der Waals surface area contributed by atoms with Gasteiger partial charge < -0.3 is 10.8 Å². The van der Waals surface area contributed by atoms with Crippen molar-refractivity contribution < 1.29 is 0 Å². The third-order valence-corrected chi connectivity index (χ3v) is 0.875. The second-order valence-electron chi connectivity index (χ2n) is 1.75. The summed E-state index contributed by atoms with van der Waals surface area (Å²) in [5, 5.41) is 20.7. The third kappa shape index (κ3) is 2.02. The van der Waals surface area contributed by atoms with Crippen molar-refractivity contribution in [3.05, 3.63) is 5.57 Å². The predicted molar refractivity (Wildman–Crippen MR) is 38.0 cm³/mol. The molecule has 9 heavy (non-hydrogen) atoms. The van der Waals surface area contributed by atoms with Gasteiger partial charge in [-0.15, -0.1) is 0 Å². The summed E-state index contributed by atoms with van der Waals surface area (Å²) in [6.07, 6.45) is 0. The average molecular weight is 123 g/mol. The fourth-order valence-corrected chi connectivity index (χ4v) is 0.469. The average Bonchev–Trinajstić information content (AvgIpc) is 1.64. The van der Waals surface area contributed by atoms with Crippen LogP contribution in [0.4, 0.5) is 0 Å². The van der Waals surface area contributed by atoms with Crippen LogP contribution in [0.3, 0.4) is 0 Å². The van der Waals surface area contributed by atoms with Gasteiger partial charge in [-0.05, 0) is 19.7 Å². The number of rotatable bonds is 2. The Balaban J connectivity index is 4.59. The Morgan fingerprint density at radius 1 is 1.11 bits per heavy atom. The zero-order chi connectivity index (χ0) is 7.44. The van der Waals surface area contributed by atoms with Crippen LogP contribution in [0.15, 0.2) is 5.57 Å². The number of hydrogen-bond acceptors (Lipinski definition) is 3. The molecule has 0 aliphatic carbocycles. The van der Waals surface area contributed by atoms with Gasteiger partial charge in [-0.2, -0.15) is 0 Å². The topological polar surface area (TPSA) is 71.6 Å². The lowest BCUT2D eigenvalue weighted by molar-refractivity contribution is 1.44. The summed E-state index contributed by atoms with van der Waals surface area (Å²) in [7, 11) is 0. The highest BCUT2D eigenvalue weighted by Gasteiger charge is 1.99. The first kappa shape index (κ1) is 7.79. The summed E-state index contributed by atoms with van der Waals surface area (Å²) in [5.74, 6) is 2.02. The van der Waals surface area contributed by atoms with E-state index in [0.717, 1.165) is 0 Å². The Bertz CT molecular complexity index is 180. The molecule has 0 fully saturated rings. The first-order valence-electron chi connectivity index (χ1n) is 2.50. The number of nitrogens with one attached hydrogen (secondary N) is 3. The van der Waals surface area contributed by atoms with E-state index in [4.69, 9.17) is 16.2 Å². The van der Waals surface area contributed by atoms with E-state index in [9.17, 15) is 0 Å². The minimum atomic E-state index is 0.220. The molecule has 3 N–H and O–H groups in total. The second-order valence-corrected chi connectivity index (χ2v) is 1.75. The maximum Gasteiger partial charge on any atom is 0.0763 e. The molecule has 0 amide bonds. The van der Waals surface area contributed by atoms with Crippen LogP contribution in [0.5, 0.6) is 0 Å². The summed E-state index contributed by atoms with van der Waals surface area (Å²) in [6.45, 7) is 3.07. The van der Waals surface area contributed by atoms with Crippen LogP contribution in [-0.4, -0.2) is 17.3 Å². The fourth-order valence-electron chi connectivity index (χ4n) is 0.469. The Labute approximate surface area is 53.9 Å². The summed E-state index contributed by atoms with van der Waals surface area (Å²) in [6, 6.07) is 0. The molecule has 48 valence electrons. The van der Waals surface area contributed by atoms with Crippen molar-refractivity contribution in [2.75, 3.05) is 0 Å². The molecule has 0 aliphatic heterocycles. The van der Waals surface area contributed by atoms with Crippen LogP contribution in [0.25, 0.3) is 0 Å². The molecule has 0 unspecified atom stereocenters. The Morgan fingerprint density at radius 2 is 1.44 bits per heavy atom. The van der Waals surface area contributed by atoms with Gasteiger partial charge >= 0.3 is 0 Å². The molecule has 3 nitrogen and oxygen atoms in total. The second kappa shape index (κ2) is 2.95. The molecule has 0 bridgehead atoms. The minimum Gasteiger partial charge on any atom is -0.304 e. The molecule has 0 saturated heterocycles. The summed E-state index contributed by atoms with van der Waals surface area (Å²) in [4.78, 5) is 0. The first-order chi connectivity index (χ1) is 4.09. The Morgan fingerprint density at radius 3 is 1.44 bits per heavy atom. The zero-order valence-electron chi connectivity index (χ0n) is 5.50. The fraction of sp³-hybridized carbons (Fsp3) is 0.333. The maximum atomic E-state index is 7.02. The minimum absolute atomic E-state index is 0.220. The van der Waals surface area contributed by atoms with Crippen molar-refractivity contribution in [1.82, 2.24) is 0 Å².